The zero-order valence-electron chi connectivity index (χ0n) is 13.2. The fourth-order valence-corrected chi connectivity index (χ4v) is 3.38. The summed E-state index contributed by atoms with van der Waals surface area (Å²) >= 11 is 0. The molecule has 0 bridgehead atoms. The first-order valence-electron chi connectivity index (χ1n) is 7.52. The number of piperazine rings is 1. The third-order valence-electron chi connectivity index (χ3n) is 3.68. The Morgan fingerprint density at radius 1 is 1.35 bits per heavy atom. The molecule has 1 saturated heterocycles. The summed E-state index contributed by atoms with van der Waals surface area (Å²) in [6.45, 7) is 5.01. The number of carbonyl (C=O) groups is 1. The van der Waals surface area contributed by atoms with Gasteiger partial charge >= 0.3 is 0 Å². The summed E-state index contributed by atoms with van der Waals surface area (Å²) in [6, 6.07) is 4.84. The Hall–Kier alpha value is -1.64. The second kappa shape index (κ2) is 7.76. The van der Waals surface area contributed by atoms with Gasteiger partial charge in [0.25, 0.3) is 0 Å². The summed E-state index contributed by atoms with van der Waals surface area (Å²) in [6.07, 6.45) is 1.12. The van der Waals surface area contributed by atoms with Gasteiger partial charge in [0.05, 0.1) is 5.75 Å². The monoisotopic (exact) mass is 341 g/mol. The van der Waals surface area contributed by atoms with Crippen LogP contribution in [0.1, 0.15) is 15.9 Å². The summed E-state index contributed by atoms with van der Waals surface area (Å²) in [5.74, 6) is -0.521. The third-order valence-corrected chi connectivity index (χ3v) is 4.49. The van der Waals surface area contributed by atoms with Gasteiger partial charge in [-0.2, -0.15) is 0 Å². The number of amides is 1. The lowest BCUT2D eigenvalue weighted by atomic mass is 10.1. The van der Waals surface area contributed by atoms with Crippen molar-refractivity contribution >= 4 is 15.7 Å². The van der Waals surface area contributed by atoms with Gasteiger partial charge < -0.3 is 15.8 Å². The third kappa shape index (κ3) is 5.49. The van der Waals surface area contributed by atoms with Crippen LogP contribution in [0, 0.1) is 0 Å². The van der Waals surface area contributed by atoms with E-state index in [1.165, 1.54) is 6.07 Å². The summed E-state index contributed by atoms with van der Waals surface area (Å²) < 4.78 is 29.0. The van der Waals surface area contributed by atoms with Gasteiger partial charge in [-0.25, -0.2) is 8.42 Å². The number of carbonyl (C=O) groups excluding carboxylic acids is 1. The molecule has 0 spiro atoms. The van der Waals surface area contributed by atoms with E-state index < -0.39 is 15.7 Å². The number of sulfone groups is 1. The maximum Gasteiger partial charge on any atom is 0.249 e. The number of nitrogens with zero attached hydrogens (tertiary/aromatic N) is 1. The molecule has 1 aliphatic heterocycles. The van der Waals surface area contributed by atoms with Gasteiger partial charge in [-0.1, -0.05) is 6.07 Å². The molecule has 1 aromatic carbocycles. The molecule has 0 aliphatic carbocycles. The van der Waals surface area contributed by atoms with Crippen LogP contribution in [0.5, 0.6) is 5.75 Å². The van der Waals surface area contributed by atoms with Crippen LogP contribution in [0.4, 0.5) is 0 Å². The van der Waals surface area contributed by atoms with E-state index in [2.05, 4.69) is 10.2 Å². The van der Waals surface area contributed by atoms with Crippen LogP contribution < -0.4 is 15.8 Å². The van der Waals surface area contributed by atoms with E-state index in [1.54, 1.807) is 12.1 Å². The highest BCUT2D eigenvalue weighted by atomic mass is 32.2. The molecular weight excluding hydrogens is 318 g/mol. The molecule has 2 rings (SSSR count). The zero-order chi connectivity index (χ0) is 16.9. The molecular formula is C15H23N3O4S. The van der Waals surface area contributed by atoms with Crippen molar-refractivity contribution in [3.63, 3.8) is 0 Å². The first-order chi connectivity index (χ1) is 10.9. The molecule has 128 valence electrons. The average Bonchev–Trinajstić information content (AvgIpc) is 2.48. The summed E-state index contributed by atoms with van der Waals surface area (Å²) in [5.41, 5.74) is 5.87. The average molecular weight is 341 g/mol. The summed E-state index contributed by atoms with van der Waals surface area (Å²) in [7, 11) is -3.31. The molecule has 0 aromatic heterocycles. The molecule has 0 radical (unpaired) electrons. The van der Waals surface area contributed by atoms with Crippen LogP contribution in [0.2, 0.25) is 0 Å². The molecule has 23 heavy (non-hydrogen) atoms. The van der Waals surface area contributed by atoms with Gasteiger partial charge in [0.15, 0.2) is 9.84 Å². The number of hydrogen-bond donors (Lipinski definition) is 2. The van der Waals surface area contributed by atoms with E-state index >= 15 is 0 Å². The molecule has 0 atom stereocenters. The second-order valence-corrected chi connectivity index (χ2v) is 7.80. The van der Waals surface area contributed by atoms with Crippen LogP contribution in [0.25, 0.3) is 0 Å². The lowest BCUT2D eigenvalue weighted by molar-refractivity contribution is 0.0999. The van der Waals surface area contributed by atoms with E-state index in [4.69, 9.17) is 10.5 Å². The smallest absolute Gasteiger partial charge is 0.249 e. The SMILES string of the molecule is CS(=O)(=O)Cc1c(OCCN2CCNCC2)cccc1C(N)=O. The van der Waals surface area contributed by atoms with Crippen LogP contribution in [-0.2, 0) is 15.6 Å². The summed E-state index contributed by atoms with van der Waals surface area (Å²) in [4.78, 5) is 13.8. The molecule has 0 unspecified atom stereocenters. The van der Waals surface area contributed by atoms with E-state index in [0.717, 1.165) is 39.0 Å². The Bertz CT molecular complexity index is 655. The minimum atomic E-state index is -3.31. The lowest BCUT2D eigenvalue weighted by Gasteiger charge is -2.27. The largest absolute Gasteiger partial charge is 0.492 e. The summed E-state index contributed by atoms with van der Waals surface area (Å²) in [5, 5.41) is 3.28. The topological polar surface area (TPSA) is 102 Å². The Morgan fingerprint density at radius 3 is 2.65 bits per heavy atom. The van der Waals surface area contributed by atoms with Crippen LogP contribution in [0.3, 0.4) is 0 Å². The quantitative estimate of drug-likeness (QED) is 0.701. The Kier molecular flexibility index (Phi) is 5.97. The van der Waals surface area contributed by atoms with Crippen LogP contribution >= 0.6 is 0 Å². The normalized spacial score (nSPS) is 16.2. The van der Waals surface area contributed by atoms with Crippen molar-refractivity contribution in [1.29, 1.82) is 0 Å². The molecule has 1 heterocycles. The number of nitrogens with two attached hydrogens (primary N) is 1. The van der Waals surface area contributed by atoms with E-state index in [0.29, 0.717) is 17.9 Å². The van der Waals surface area contributed by atoms with E-state index in [9.17, 15) is 13.2 Å². The molecule has 7 nitrogen and oxygen atoms in total. The van der Waals surface area contributed by atoms with Crippen molar-refractivity contribution < 1.29 is 17.9 Å². The van der Waals surface area contributed by atoms with Gasteiger partial charge in [0.1, 0.15) is 12.4 Å². The van der Waals surface area contributed by atoms with Gasteiger partial charge in [0, 0.05) is 50.1 Å². The highest BCUT2D eigenvalue weighted by molar-refractivity contribution is 7.89. The van der Waals surface area contributed by atoms with Gasteiger partial charge in [-0.05, 0) is 12.1 Å². The fraction of sp³-hybridized carbons (Fsp3) is 0.533. The van der Waals surface area contributed by atoms with Gasteiger partial charge in [0.2, 0.25) is 5.91 Å². The first-order valence-corrected chi connectivity index (χ1v) is 9.58. The van der Waals surface area contributed by atoms with Crippen molar-refractivity contribution in [3.8, 4) is 5.75 Å². The van der Waals surface area contributed by atoms with Crippen molar-refractivity contribution in [3.05, 3.63) is 29.3 Å². The predicted octanol–water partition coefficient (Wildman–Crippen LogP) is -0.386. The molecule has 1 aliphatic rings. The maximum absolute atomic E-state index is 11.6. The number of nitrogens with one attached hydrogen (secondary N) is 1. The fourth-order valence-electron chi connectivity index (χ4n) is 2.56. The number of hydrogen-bond acceptors (Lipinski definition) is 6. The molecule has 1 amide bonds. The van der Waals surface area contributed by atoms with Gasteiger partial charge in [-0.3, -0.25) is 9.69 Å². The van der Waals surface area contributed by atoms with Crippen molar-refractivity contribution in [1.82, 2.24) is 10.2 Å². The number of rotatable bonds is 7. The predicted molar refractivity (Wildman–Crippen MR) is 88.3 cm³/mol. The van der Waals surface area contributed by atoms with Crippen LogP contribution in [0.15, 0.2) is 18.2 Å². The maximum atomic E-state index is 11.6. The number of ether oxygens (including phenoxy) is 1. The number of benzene rings is 1. The number of primary amides is 1. The zero-order valence-corrected chi connectivity index (χ0v) is 14.1. The molecule has 1 aromatic rings. The second-order valence-electron chi connectivity index (χ2n) is 5.66. The van der Waals surface area contributed by atoms with Crippen molar-refractivity contribution in [2.75, 3.05) is 45.6 Å². The minimum Gasteiger partial charge on any atom is -0.492 e. The van der Waals surface area contributed by atoms with Crippen molar-refractivity contribution in [2.45, 2.75) is 5.75 Å². The van der Waals surface area contributed by atoms with Crippen molar-refractivity contribution in [2.24, 2.45) is 5.73 Å². The van der Waals surface area contributed by atoms with E-state index in [1.807, 2.05) is 0 Å². The Balaban J connectivity index is 2.10. The molecule has 3 N–H and O–H groups in total. The first kappa shape index (κ1) is 17.7. The molecule has 8 heteroatoms. The Labute approximate surface area is 136 Å². The highest BCUT2D eigenvalue weighted by Gasteiger charge is 2.18. The standard InChI is InChI=1S/C15H23N3O4S/c1-23(20,21)11-13-12(15(16)19)3-2-4-14(13)22-10-9-18-7-5-17-6-8-18/h2-4,17H,5-11H2,1H3,(H2,16,19). The molecule has 1 fully saturated rings. The van der Waals surface area contributed by atoms with Crippen LogP contribution in [-0.4, -0.2) is 64.8 Å². The van der Waals surface area contributed by atoms with Gasteiger partial charge in [-0.15, -0.1) is 0 Å². The molecule has 0 saturated carbocycles. The minimum absolute atomic E-state index is 0.190. The highest BCUT2D eigenvalue weighted by Crippen LogP contribution is 2.24. The van der Waals surface area contributed by atoms with E-state index in [-0.39, 0.29) is 11.3 Å². The lowest BCUT2D eigenvalue weighted by Crippen LogP contribution is -2.44. The Morgan fingerprint density at radius 2 is 2.04 bits per heavy atom.